The molecule has 0 aliphatic heterocycles. The van der Waals surface area contributed by atoms with Crippen LogP contribution in [0.15, 0.2) is 53.4 Å². The standard InChI is InChI=1S/C16H16N2O6S/c1-24-14-8-3-2-7-13(14)18-25(22,23)12-6-4-5-11(9-12)16(21)17-10-15(19)20/h2-9,18H,10H2,1H3,(H,17,21)(H,19,20). The highest BCUT2D eigenvalue weighted by Crippen LogP contribution is 2.26. The molecule has 0 saturated carbocycles. The summed E-state index contributed by atoms with van der Waals surface area (Å²) >= 11 is 0. The summed E-state index contributed by atoms with van der Waals surface area (Å²) in [5, 5.41) is 10.7. The van der Waals surface area contributed by atoms with E-state index in [1.165, 1.54) is 25.3 Å². The lowest BCUT2D eigenvalue weighted by Crippen LogP contribution is -2.29. The van der Waals surface area contributed by atoms with Gasteiger partial charge in [-0.05, 0) is 30.3 Å². The highest BCUT2D eigenvalue weighted by molar-refractivity contribution is 7.92. The maximum absolute atomic E-state index is 12.5. The minimum atomic E-state index is -3.96. The van der Waals surface area contributed by atoms with Crippen molar-refractivity contribution >= 4 is 27.6 Å². The van der Waals surface area contributed by atoms with Gasteiger partial charge in [0.2, 0.25) is 0 Å². The molecule has 0 aliphatic carbocycles. The number of rotatable bonds is 7. The molecule has 0 fully saturated rings. The van der Waals surface area contributed by atoms with Crippen molar-refractivity contribution < 1.29 is 27.9 Å². The van der Waals surface area contributed by atoms with Crippen LogP contribution in [0.5, 0.6) is 5.75 Å². The molecule has 132 valence electrons. The minimum Gasteiger partial charge on any atom is -0.495 e. The molecule has 0 aromatic heterocycles. The predicted octanol–water partition coefficient (Wildman–Crippen LogP) is 1.31. The van der Waals surface area contributed by atoms with Crippen LogP contribution in [0.1, 0.15) is 10.4 Å². The van der Waals surface area contributed by atoms with E-state index in [0.717, 1.165) is 6.07 Å². The van der Waals surface area contributed by atoms with Crippen molar-refractivity contribution in [1.82, 2.24) is 5.32 Å². The van der Waals surface area contributed by atoms with E-state index in [0.29, 0.717) is 5.75 Å². The summed E-state index contributed by atoms with van der Waals surface area (Å²) in [6.07, 6.45) is 0. The van der Waals surface area contributed by atoms with Crippen molar-refractivity contribution in [2.24, 2.45) is 0 Å². The highest BCUT2D eigenvalue weighted by Gasteiger charge is 2.18. The van der Waals surface area contributed by atoms with Gasteiger partial charge in [-0.25, -0.2) is 8.42 Å². The van der Waals surface area contributed by atoms with Crippen LogP contribution in [0, 0.1) is 0 Å². The second-order valence-corrected chi connectivity index (χ2v) is 6.59. The zero-order chi connectivity index (χ0) is 18.4. The van der Waals surface area contributed by atoms with Gasteiger partial charge in [0.15, 0.2) is 0 Å². The van der Waals surface area contributed by atoms with E-state index in [4.69, 9.17) is 9.84 Å². The molecule has 1 amide bonds. The van der Waals surface area contributed by atoms with Crippen LogP contribution in [-0.2, 0) is 14.8 Å². The number of ether oxygens (including phenoxy) is 1. The van der Waals surface area contributed by atoms with Crippen molar-refractivity contribution in [3.8, 4) is 5.75 Å². The number of carbonyl (C=O) groups is 2. The van der Waals surface area contributed by atoms with Crippen LogP contribution in [0.3, 0.4) is 0 Å². The fraction of sp³-hybridized carbons (Fsp3) is 0.125. The van der Waals surface area contributed by atoms with Crippen LogP contribution < -0.4 is 14.8 Å². The van der Waals surface area contributed by atoms with Crippen LogP contribution in [0.4, 0.5) is 5.69 Å². The summed E-state index contributed by atoms with van der Waals surface area (Å²) in [6, 6.07) is 11.8. The SMILES string of the molecule is COc1ccccc1NS(=O)(=O)c1cccc(C(=O)NCC(=O)O)c1. The fourth-order valence-electron chi connectivity index (χ4n) is 2.00. The largest absolute Gasteiger partial charge is 0.495 e. The number of carboxylic acid groups (broad SMARTS) is 1. The van der Waals surface area contributed by atoms with Crippen LogP contribution >= 0.6 is 0 Å². The third-order valence-electron chi connectivity index (χ3n) is 3.16. The molecule has 2 rings (SSSR count). The van der Waals surface area contributed by atoms with Gasteiger partial charge in [0.05, 0.1) is 17.7 Å². The Bertz CT molecular complexity index is 895. The monoisotopic (exact) mass is 364 g/mol. The Morgan fingerprint density at radius 2 is 1.84 bits per heavy atom. The topological polar surface area (TPSA) is 122 Å². The fourth-order valence-corrected chi connectivity index (χ4v) is 3.11. The molecular formula is C16H16N2O6S. The Hall–Kier alpha value is -3.07. The van der Waals surface area contributed by atoms with E-state index >= 15 is 0 Å². The van der Waals surface area contributed by atoms with Gasteiger partial charge in [-0.3, -0.25) is 14.3 Å². The van der Waals surface area contributed by atoms with Crippen molar-refractivity contribution in [3.05, 3.63) is 54.1 Å². The number of amides is 1. The molecule has 0 radical (unpaired) electrons. The first kappa shape index (κ1) is 18.3. The second-order valence-electron chi connectivity index (χ2n) is 4.91. The van der Waals surface area contributed by atoms with Gasteiger partial charge in [0.1, 0.15) is 12.3 Å². The number of aliphatic carboxylic acids is 1. The average Bonchev–Trinajstić information content (AvgIpc) is 2.60. The molecule has 25 heavy (non-hydrogen) atoms. The molecule has 0 saturated heterocycles. The van der Waals surface area contributed by atoms with Gasteiger partial charge in [0, 0.05) is 5.56 Å². The Balaban J connectivity index is 2.26. The third-order valence-corrected chi connectivity index (χ3v) is 4.52. The number of methoxy groups -OCH3 is 1. The maximum Gasteiger partial charge on any atom is 0.322 e. The van der Waals surface area contributed by atoms with Crippen molar-refractivity contribution in [3.63, 3.8) is 0 Å². The molecule has 0 heterocycles. The summed E-state index contributed by atoms with van der Waals surface area (Å²) in [5.74, 6) is -1.53. The molecule has 0 aliphatic rings. The summed E-state index contributed by atoms with van der Waals surface area (Å²) in [6.45, 7) is -0.560. The Morgan fingerprint density at radius 1 is 1.12 bits per heavy atom. The average molecular weight is 364 g/mol. The van der Waals surface area contributed by atoms with E-state index in [9.17, 15) is 18.0 Å². The molecule has 0 bridgehead atoms. The Morgan fingerprint density at radius 3 is 2.52 bits per heavy atom. The third kappa shape index (κ3) is 4.70. The molecule has 2 aromatic rings. The second kappa shape index (κ2) is 7.67. The highest BCUT2D eigenvalue weighted by atomic mass is 32.2. The van der Waals surface area contributed by atoms with Gasteiger partial charge >= 0.3 is 5.97 Å². The summed E-state index contributed by atoms with van der Waals surface area (Å²) in [7, 11) is -2.54. The zero-order valence-electron chi connectivity index (χ0n) is 13.2. The number of anilines is 1. The summed E-state index contributed by atoms with van der Waals surface area (Å²) < 4.78 is 32.5. The first-order valence-corrected chi connectivity index (χ1v) is 8.57. The van der Waals surface area contributed by atoms with Gasteiger partial charge in [-0.2, -0.15) is 0 Å². The molecular weight excluding hydrogens is 348 g/mol. The number of para-hydroxylation sites is 2. The molecule has 8 nitrogen and oxygen atoms in total. The van der Waals surface area contributed by atoms with Crippen molar-refractivity contribution in [2.45, 2.75) is 4.90 Å². The zero-order valence-corrected chi connectivity index (χ0v) is 14.0. The van der Waals surface area contributed by atoms with Gasteiger partial charge in [0.25, 0.3) is 15.9 Å². The first-order chi connectivity index (χ1) is 11.8. The summed E-state index contributed by atoms with van der Waals surface area (Å²) in [4.78, 5) is 22.2. The van der Waals surface area contributed by atoms with Crippen LogP contribution in [-0.4, -0.2) is 39.1 Å². The number of sulfonamides is 1. The Labute approximate surface area is 144 Å². The minimum absolute atomic E-state index is 0.0316. The lowest BCUT2D eigenvalue weighted by Gasteiger charge is -2.12. The number of benzene rings is 2. The molecule has 0 atom stereocenters. The normalized spacial score (nSPS) is 10.8. The van der Waals surface area contributed by atoms with E-state index in [1.54, 1.807) is 24.3 Å². The van der Waals surface area contributed by atoms with Crippen molar-refractivity contribution in [1.29, 1.82) is 0 Å². The quantitative estimate of drug-likeness (QED) is 0.681. The van der Waals surface area contributed by atoms with E-state index in [1.807, 2.05) is 0 Å². The van der Waals surface area contributed by atoms with Crippen LogP contribution in [0.2, 0.25) is 0 Å². The van der Waals surface area contributed by atoms with Gasteiger partial charge < -0.3 is 15.2 Å². The molecule has 0 unspecified atom stereocenters. The predicted molar refractivity (Wildman–Crippen MR) is 90.2 cm³/mol. The number of hydrogen-bond donors (Lipinski definition) is 3. The summed E-state index contributed by atoms with van der Waals surface area (Å²) in [5.41, 5.74) is 0.287. The lowest BCUT2D eigenvalue weighted by molar-refractivity contribution is -0.135. The number of carbonyl (C=O) groups excluding carboxylic acids is 1. The van der Waals surface area contributed by atoms with Gasteiger partial charge in [-0.1, -0.05) is 18.2 Å². The van der Waals surface area contributed by atoms with Gasteiger partial charge in [-0.15, -0.1) is 0 Å². The molecule has 9 heteroatoms. The Kier molecular flexibility index (Phi) is 5.60. The number of nitrogens with one attached hydrogen (secondary N) is 2. The maximum atomic E-state index is 12.5. The lowest BCUT2D eigenvalue weighted by atomic mass is 10.2. The molecule has 0 spiro atoms. The molecule has 2 aromatic carbocycles. The van der Waals surface area contributed by atoms with E-state index in [2.05, 4.69) is 10.0 Å². The smallest absolute Gasteiger partial charge is 0.322 e. The first-order valence-electron chi connectivity index (χ1n) is 7.09. The number of carboxylic acids is 1. The van der Waals surface area contributed by atoms with Crippen LogP contribution in [0.25, 0.3) is 0 Å². The molecule has 3 N–H and O–H groups in total. The number of hydrogen-bond acceptors (Lipinski definition) is 5. The van der Waals surface area contributed by atoms with Crippen molar-refractivity contribution in [2.75, 3.05) is 18.4 Å². The van der Waals surface area contributed by atoms with E-state index in [-0.39, 0.29) is 16.1 Å². The van der Waals surface area contributed by atoms with E-state index < -0.39 is 28.4 Å².